The molecule has 7 heavy (non-hydrogen) atoms. The monoisotopic (exact) mass is 144 g/mol. The number of hydrogen-bond acceptors (Lipinski definition) is 4. The second-order valence-electron chi connectivity index (χ2n) is 0.600. The van der Waals surface area contributed by atoms with E-state index in [0.717, 1.165) is 0 Å². The third-order valence-electron chi connectivity index (χ3n) is 0. The molecule has 0 heterocycles. The summed E-state index contributed by atoms with van der Waals surface area (Å²) < 4.78 is 0. The van der Waals surface area contributed by atoms with E-state index in [1.807, 2.05) is 0 Å². The molecule has 7 heteroatoms. The Balaban J connectivity index is -0.0000000800. The molecule has 0 spiro atoms. The van der Waals surface area contributed by atoms with E-state index in [0.29, 0.717) is 0 Å². The molecule has 0 fully saturated rings. The molecule has 0 aromatic heterocycles. The van der Waals surface area contributed by atoms with Gasteiger partial charge in [0.25, 0.3) is 0 Å². The maximum absolute atomic E-state index is 7.33. The molecule has 0 saturated carbocycles. The van der Waals surface area contributed by atoms with E-state index < -0.39 is 9.05 Å². The Morgan fingerprint density at radius 3 is 0.857 bits per heavy atom. The van der Waals surface area contributed by atoms with Crippen LogP contribution in [0.4, 0.5) is 0 Å². The molecule has 0 aliphatic rings. The van der Waals surface area contributed by atoms with Crippen molar-refractivity contribution in [3.63, 3.8) is 0 Å². The molecule has 36 valence electrons. The van der Waals surface area contributed by atoms with E-state index in [-0.39, 0.29) is 70.2 Å². The molecular weight excluding hydrogens is 138 g/mol. The summed E-state index contributed by atoms with van der Waals surface area (Å²) in [4.78, 5) is 29.3. The summed E-state index contributed by atoms with van der Waals surface area (Å²) in [5.41, 5.74) is 0. The van der Waals surface area contributed by atoms with Gasteiger partial charge in [-0.05, 0) is 0 Å². The summed E-state index contributed by atoms with van der Waals surface area (Å²) >= 11 is 0. The van der Waals surface area contributed by atoms with Crippen LogP contribution in [0.2, 0.25) is 0 Å². The van der Waals surface area contributed by atoms with Crippen molar-refractivity contribution < 1.29 is 19.2 Å². The van der Waals surface area contributed by atoms with E-state index in [1.165, 1.54) is 0 Å². The van der Waals surface area contributed by atoms with Crippen molar-refractivity contribution in [2.75, 3.05) is 0 Å². The molecule has 0 aromatic carbocycles. The van der Waals surface area contributed by atoms with Crippen LogP contribution in [0.3, 0.4) is 0 Å². The van der Waals surface area contributed by atoms with Gasteiger partial charge in [-0.15, -0.1) is 0 Å². The minimum atomic E-state index is -4.61. The fourth-order valence-corrected chi connectivity index (χ4v) is 0. The number of hydrogen-bond donors (Lipinski definition) is 4. The van der Waals surface area contributed by atoms with Gasteiger partial charge in [0.05, 0.1) is 0 Å². The van der Waals surface area contributed by atoms with Crippen molar-refractivity contribution >= 4 is 79.3 Å². The Morgan fingerprint density at radius 2 is 0.857 bits per heavy atom. The Kier molecular flexibility index (Phi) is 14.8. The molecule has 4 nitrogen and oxygen atoms in total. The predicted octanol–water partition coefficient (Wildman–Crippen LogP) is -3.91. The van der Waals surface area contributed by atoms with Crippen LogP contribution in [0.1, 0.15) is 0 Å². The van der Waals surface area contributed by atoms with Gasteiger partial charge >= 0.3 is 79.3 Å². The van der Waals surface area contributed by atoms with Gasteiger partial charge in [-0.25, -0.2) is 0 Å². The van der Waals surface area contributed by atoms with Crippen molar-refractivity contribution in [2.45, 2.75) is 0 Å². The first-order chi connectivity index (χ1) is 2.00. The van der Waals surface area contributed by atoms with Crippen molar-refractivity contribution in [1.82, 2.24) is 0 Å². The molecule has 0 aromatic rings. The minimum absolute atomic E-state index is 0. The van der Waals surface area contributed by atoms with E-state index in [1.54, 1.807) is 0 Å². The molecule has 0 saturated heterocycles. The average molecular weight is 144 g/mol. The third-order valence-corrected chi connectivity index (χ3v) is 0. The molecule has 0 aliphatic heterocycles. The van der Waals surface area contributed by atoms with Crippen LogP contribution in [0.5, 0.6) is 0 Å². The SMILES string of the molecule is O[Si](O)(O)O.[KH].[LiH]. The number of rotatable bonds is 0. The molecule has 0 amide bonds. The van der Waals surface area contributed by atoms with Crippen molar-refractivity contribution in [3.8, 4) is 0 Å². The molecule has 0 aliphatic carbocycles. The molecule has 0 rings (SSSR count). The molecule has 4 N–H and O–H groups in total. The topological polar surface area (TPSA) is 80.9 Å². The fourth-order valence-electron chi connectivity index (χ4n) is 0. The summed E-state index contributed by atoms with van der Waals surface area (Å²) in [5.74, 6) is 0. The maximum atomic E-state index is 7.33. The van der Waals surface area contributed by atoms with E-state index in [2.05, 4.69) is 0 Å². The molecule has 0 unspecified atom stereocenters. The first kappa shape index (κ1) is 16.1. The van der Waals surface area contributed by atoms with Crippen LogP contribution in [0, 0.1) is 0 Å². The van der Waals surface area contributed by atoms with Crippen LogP contribution in [-0.4, -0.2) is 98.5 Å². The fraction of sp³-hybridized carbons (Fsp3) is 0. The molecular formula is H6KLiO4Si. The van der Waals surface area contributed by atoms with E-state index in [9.17, 15) is 0 Å². The van der Waals surface area contributed by atoms with Gasteiger partial charge in [-0.1, -0.05) is 0 Å². The summed E-state index contributed by atoms with van der Waals surface area (Å²) in [6, 6.07) is 0. The van der Waals surface area contributed by atoms with Gasteiger partial charge in [-0.3, -0.25) is 0 Å². The Hall–Kier alpha value is 2.29. The van der Waals surface area contributed by atoms with Crippen molar-refractivity contribution in [3.05, 3.63) is 0 Å². The van der Waals surface area contributed by atoms with Crippen molar-refractivity contribution in [2.24, 2.45) is 0 Å². The van der Waals surface area contributed by atoms with Crippen LogP contribution < -0.4 is 0 Å². The summed E-state index contributed by atoms with van der Waals surface area (Å²) in [6.07, 6.45) is 0. The standard InChI is InChI=1S/K.Li.H4O4Si.2H/c;;1-5(2,3)4;;/h;;1-4H;;. The third kappa shape index (κ3) is 62.5. The second kappa shape index (κ2) is 6.41. The second-order valence-corrected chi connectivity index (χ2v) is 1.80. The van der Waals surface area contributed by atoms with E-state index in [4.69, 9.17) is 19.2 Å². The zero-order valence-corrected chi connectivity index (χ0v) is 3.29. The molecule has 0 bridgehead atoms. The Bertz CT molecular complexity index is 27.2. The molecule has 0 atom stereocenters. The first-order valence-corrected chi connectivity index (χ1v) is 2.68. The Labute approximate surface area is 96.6 Å². The average Bonchev–Trinajstić information content (AvgIpc) is 0.722. The van der Waals surface area contributed by atoms with Crippen molar-refractivity contribution in [1.29, 1.82) is 0 Å². The van der Waals surface area contributed by atoms with Crippen LogP contribution in [-0.2, 0) is 0 Å². The normalized spacial score (nSPS) is 8.57. The van der Waals surface area contributed by atoms with Gasteiger partial charge in [0.2, 0.25) is 0 Å². The summed E-state index contributed by atoms with van der Waals surface area (Å²) in [5, 5.41) is 0. The first-order valence-electron chi connectivity index (χ1n) is 0.894. The van der Waals surface area contributed by atoms with Gasteiger partial charge < -0.3 is 19.2 Å². The zero-order chi connectivity index (χ0) is 4.50. The van der Waals surface area contributed by atoms with Gasteiger partial charge in [-0.2, -0.15) is 0 Å². The predicted molar refractivity (Wildman–Crippen MR) is 28.9 cm³/mol. The van der Waals surface area contributed by atoms with E-state index >= 15 is 0 Å². The van der Waals surface area contributed by atoms with Crippen LogP contribution in [0.15, 0.2) is 0 Å². The molecule has 0 radical (unpaired) electrons. The zero-order valence-electron chi connectivity index (χ0n) is 2.29. The summed E-state index contributed by atoms with van der Waals surface area (Å²) in [6.45, 7) is 0. The van der Waals surface area contributed by atoms with Gasteiger partial charge in [0.15, 0.2) is 0 Å². The van der Waals surface area contributed by atoms with Gasteiger partial charge in [0.1, 0.15) is 0 Å². The Morgan fingerprint density at radius 1 is 0.857 bits per heavy atom. The van der Waals surface area contributed by atoms with Crippen LogP contribution >= 0.6 is 0 Å². The quantitative estimate of drug-likeness (QED) is 0.262. The van der Waals surface area contributed by atoms with Crippen LogP contribution in [0.25, 0.3) is 0 Å². The summed E-state index contributed by atoms with van der Waals surface area (Å²) in [7, 11) is -4.61. The van der Waals surface area contributed by atoms with Gasteiger partial charge in [0, 0.05) is 0 Å².